The van der Waals surface area contributed by atoms with E-state index in [4.69, 9.17) is 11.5 Å². The van der Waals surface area contributed by atoms with E-state index in [1.54, 1.807) is 0 Å². The molecule has 2 unspecified atom stereocenters. The summed E-state index contributed by atoms with van der Waals surface area (Å²) in [5.74, 6) is 0.405. The number of aryl methyl sites for hydroxylation is 1. The smallest absolute Gasteiger partial charge is 0.185 e. The van der Waals surface area contributed by atoms with Gasteiger partial charge in [-0.25, -0.2) is 0 Å². The van der Waals surface area contributed by atoms with E-state index in [1.807, 2.05) is 24.3 Å². The van der Waals surface area contributed by atoms with E-state index in [9.17, 15) is 0 Å². The first-order valence-corrected chi connectivity index (χ1v) is 16.3. The van der Waals surface area contributed by atoms with Crippen molar-refractivity contribution in [1.82, 2.24) is 15.5 Å². The lowest BCUT2D eigenvalue weighted by molar-refractivity contribution is 0.326. The van der Waals surface area contributed by atoms with Gasteiger partial charge in [-0.15, -0.1) is 0 Å². The van der Waals surface area contributed by atoms with Gasteiger partial charge in [-0.3, -0.25) is 4.99 Å². The molecule has 2 aromatic carbocycles. The highest BCUT2D eigenvalue weighted by molar-refractivity contribution is 5.75. The number of hydrogen-bond acceptors (Lipinski definition) is 5. The van der Waals surface area contributed by atoms with E-state index < -0.39 is 0 Å². The van der Waals surface area contributed by atoms with Gasteiger partial charge in [-0.2, -0.15) is 0 Å². The summed E-state index contributed by atoms with van der Waals surface area (Å²) in [6.07, 6.45) is 9.77. The Kier molecular flexibility index (Phi) is 23.9. The molecule has 45 heavy (non-hydrogen) atoms. The monoisotopic (exact) mass is 618 g/mol. The fourth-order valence-electron chi connectivity index (χ4n) is 4.33. The predicted octanol–water partition coefficient (Wildman–Crippen LogP) is 6.99. The van der Waals surface area contributed by atoms with Crippen LogP contribution in [0.1, 0.15) is 70.4 Å². The number of nitrogens with two attached hydrogens (primary N) is 3. The van der Waals surface area contributed by atoms with Gasteiger partial charge in [-0.1, -0.05) is 139 Å². The van der Waals surface area contributed by atoms with Crippen LogP contribution in [0.2, 0.25) is 0 Å². The predicted molar refractivity (Wildman–Crippen MR) is 199 cm³/mol. The van der Waals surface area contributed by atoms with Gasteiger partial charge in [0.25, 0.3) is 0 Å². The topological polar surface area (TPSA) is 118 Å². The average Bonchev–Trinajstić information content (AvgIpc) is 3.33. The Morgan fingerprint density at radius 1 is 0.911 bits per heavy atom. The average molecular weight is 618 g/mol. The normalized spacial score (nSPS) is 13.2. The first-order valence-electron chi connectivity index (χ1n) is 16.3. The highest BCUT2D eigenvalue weighted by atomic mass is 15.2. The van der Waals surface area contributed by atoms with E-state index in [2.05, 4.69) is 117 Å². The minimum atomic E-state index is -0.0930. The quantitative estimate of drug-likeness (QED) is 0.122. The minimum Gasteiger partial charge on any atom is -0.405 e. The molecular weight excluding hydrogens is 554 g/mol. The third-order valence-electron chi connectivity index (χ3n) is 7.20. The maximum Gasteiger partial charge on any atom is 0.185 e. The first kappa shape index (κ1) is 40.9. The Hall–Kier alpha value is -4.13. The molecule has 7 nitrogen and oxygen atoms in total. The van der Waals surface area contributed by atoms with Crippen LogP contribution in [0.5, 0.6) is 0 Å². The third kappa shape index (κ3) is 21.3. The summed E-state index contributed by atoms with van der Waals surface area (Å²) < 4.78 is 0. The molecule has 3 rings (SSSR count). The Bertz CT molecular complexity index is 1080. The van der Waals surface area contributed by atoms with E-state index in [-0.39, 0.29) is 12.0 Å². The van der Waals surface area contributed by atoms with E-state index >= 15 is 0 Å². The molecule has 0 spiro atoms. The van der Waals surface area contributed by atoms with E-state index in [0.29, 0.717) is 19.0 Å². The molecule has 1 saturated heterocycles. The molecule has 1 aliphatic rings. The van der Waals surface area contributed by atoms with Gasteiger partial charge in [-0.05, 0) is 43.9 Å². The highest BCUT2D eigenvalue weighted by Gasteiger charge is 2.20. The standard InChI is InChI=1S/C25H40N6.C7H8.C4H10.C2H5N/c1-19(16-23-12-8-7-9-13-23)21(3)28-17-20(2)30-24(18-29-25(26)27)22(4)31-14-10-5-6-11-15-31;1-7-5-3-2-4-6-7;1-3-4-2;1-2-3/h7-9,12-13,19,24,28,30H,2-6,10-11,14-18H2,1H3,(H4,26,27,29);2-6H,1H3;3-4H2,1-2H3;2H,1,3H2. The van der Waals surface area contributed by atoms with Crippen LogP contribution < -0.4 is 27.8 Å². The van der Waals surface area contributed by atoms with Gasteiger partial charge in [0.2, 0.25) is 0 Å². The molecule has 0 saturated carbocycles. The lowest BCUT2D eigenvalue weighted by Crippen LogP contribution is -2.42. The second-order valence-electron chi connectivity index (χ2n) is 11.3. The molecule has 0 aromatic heterocycles. The summed E-state index contributed by atoms with van der Waals surface area (Å²) in [6.45, 7) is 27.6. The molecular formula is C38H63N7. The zero-order valence-electron chi connectivity index (χ0n) is 28.7. The fraction of sp³-hybridized carbons (Fsp3) is 0.447. The third-order valence-corrected chi connectivity index (χ3v) is 7.20. The molecule has 0 amide bonds. The number of rotatable bonds is 13. The molecule has 1 heterocycles. The lowest BCUT2D eigenvalue weighted by atomic mass is 9.98. The summed E-state index contributed by atoms with van der Waals surface area (Å²) in [4.78, 5) is 6.59. The van der Waals surface area contributed by atoms with Crippen LogP contribution in [0.3, 0.4) is 0 Å². The summed E-state index contributed by atoms with van der Waals surface area (Å²) in [7, 11) is 0. The highest BCUT2D eigenvalue weighted by Crippen LogP contribution is 2.17. The molecule has 0 aliphatic carbocycles. The van der Waals surface area contributed by atoms with Crippen LogP contribution in [0, 0.1) is 12.8 Å². The number of benzene rings is 2. The second kappa shape index (κ2) is 26.3. The number of aliphatic imine (C=N–C) groups is 1. The van der Waals surface area contributed by atoms with E-state index in [1.165, 1.54) is 55.9 Å². The van der Waals surface area contributed by atoms with Crippen molar-refractivity contribution < 1.29 is 0 Å². The summed E-state index contributed by atoms with van der Waals surface area (Å²) >= 11 is 0. The number of likely N-dealkylation sites (tertiary alicyclic amines) is 1. The molecule has 7 heteroatoms. The van der Waals surface area contributed by atoms with Gasteiger partial charge in [0.05, 0.1) is 19.1 Å². The molecule has 8 N–H and O–H groups in total. The van der Waals surface area contributed by atoms with Crippen molar-refractivity contribution in [3.63, 3.8) is 0 Å². The van der Waals surface area contributed by atoms with Crippen LogP contribution >= 0.6 is 0 Å². The number of unbranched alkanes of at least 4 members (excludes halogenated alkanes) is 1. The van der Waals surface area contributed by atoms with Crippen LogP contribution in [-0.4, -0.2) is 43.1 Å². The largest absolute Gasteiger partial charge is 0.405 e. The lowest BCUT2D eigenvalue weighted by Gasteiger charge is -2.32. The number of guanidine groups is 1. The van der Waals surface area contributed by atoms with Crippen molar-refractivity contribution in [3.05, 3.63) is 121 Å². The Balaban J connectivity index is 0.00000114. The van der Waals surface area contributed by atoms with Crippen LogP contribution in [0.4, 0.5) is 0 Å². The van der Waals surface area contributed by atoms with Gasteiger partial charge in [0.15, 0.2) is 5.96 Å². The van der Waals surface area contributed by atoms with E-state index in [0.717, 1.165) is 36.6 Å². The SMILES string of the molecule is C=C(CNC(=C)C(C)Cc1ccccc1)NC(CN=C(N)N)C(=C)N1CCCCCC1.C=CN.CCCC.Cc1ccccc1. The van der Waals surface area contributed by atoms with Gasteiger partial charge < -0.3 is 32.7 Å². The molecule has 0 radical (unpaired) electrons. The Morgan fingerprint density at radius 2 is 1.42 bits per heavy atom. The van der Waals surface area contributed by atoms with Crippen molar-refractivity contribution in [1.29, 1.82) is 0 Å². The van der Waals surface area contributed by atoms with Crippen molar-refractivity contribution in [2.45, 2.75) is 78.7 Å². The molecule has 2 atom stereocenters. The fourth-order valence-corrected chi connectivity index (χ4v) is 4.33. The maximum absolute atomic E-state index is 5.58. The van der Waals surface area contributed by atoms with Crippen molar-refractivity contribution in [3.8, 4) is 0 Å². The Labute approximate surface area is 275 Å². The van der Waals surface area contributed by atoms with Gasteiger partial charge in [0.1, 0.15) is 0 Å². The van der Waals surface area contributed by atoms with Crippen molar-refractivity contribution >= 4 is 5.96 Å². The first-order chi connectivity index (χ1) is 21.6. The summed E-state index contributed by atoms with van der Waals surface area (Å²) in [5, 5.41) is 6.89. The number of nitrogens with zero attached hydrogens (tertiary/aromatic N) is 2. The zero-order chi connectivity index (χ0) is 33.9. The maximum atomic E-state index is 5.58. The minimum absolute atomic E-state index is 0.0855. The Morgan fingerprint density at radius 3 is 1.87 bits per heavy atom. The van der Waals surface area contributed by atoms with Crippen molar-refractivity contribution in [2.24, 2.45) is 28.1 Å². The second-order valence-corrected chi connectivity index (χ2v) is 11.3. The van der Waals surface area contributed by atoms with Crippen LogP contribution in [0.25, 0.3) is 0 Å². The van der Waals surface area contributed by atoms with Crippen LogP contribution in [-0.2, 0) is 6.42 Å². The number of hydrogen-bond donors (Lipinski definition) is 5. The van der Waals surface area contributed by atoms with Gasteiger partial charge >= 0.3 is 0 Å². The number of nitrogens with one attached hydrogen (secondary N) is 2. The molecule has 2 aromatic rings. The summed E-state index contributed by atoms with van der Waals surface area (Å²) in [5.41, 5.74) is 21.3. The molecule has 250 valence electrons. The van der Waals surface area contributed by atoms with Crippen molar-refractivity contribution in [2.75, 3.05) is 26.2 Å². The molecule has 1 aliphatic heterocycles. The summed E-state index contributed by atoms with van der Waals surface area (Å²) in [6, 6.07) is 20.6. The van der Waals surface area contributed by atoms with Crippen LogP contribution in [0.15, 0.2) is 115 Å². The molecule has 0 bridgehead atoms. The number of allylic oxidation sites excluding steroid dienone is 1. The van der Waals surface area contributed by atoms with Gasteiger partial charge in [0, 0.05) is 30.2 Å². The zero-order valence-corrected chi connectivity index (χ0v) is 28.7. The molecule has 1 fully saturated rings.